The van der Waals surface area contributed by atoms with Gasteiger partial charge in [0.05, 0.1) is 42.0 Å². The van der Waals surface area contributed by atoms with Gasteiger partial charge < -0.3 is 41.2 Å². The van der Waals surface area contributed by atoms with Crippen molar-refractivity contribution in [1.29, 1.82) is 0 Å². The van der Waals surface area contributed by atoms with E-state index in [1.54, 1.807) is 11.8 Å². The maximum atomic E-state index is 15.0. The number of nitrogens with two attached hydrogens (primary N) is 1. The molecule has 1 aromatic carbocycles. The van der Waals surface area contributed by atoms with E-state index in [0.717, 1.165) is 22.1 Å². The first-order valence-corrected chi connectivity index (χ1v) is 14.2. The summed E-state index contributed by atoms with van der Waals surface area (Å²) < 4.78 is 25.3. The van der Waals surface area contributed by atoms with Crippen molar-refractivity contribution in [2.24, 2.45) is 5.73 Å². The van der Waals surface area contributed by atoms with Crippen LogP contribution in [0.5, 0.6) is 0 Å². The van der Waals surface area contributed by atoms with E-state index in [0.29, 0.717) is 35.2 Å². The lowest BCUT2D eigenvalue weighted by Crippen LogP contribution is -2.44. The predicted molar refractivity (Wildman–Crippen MR) is 149 cm³/mol. The Labute approximate surface area is 250 Å². The maximum Gasteiger partial charge on any atom is 0.339 e. The second-order valence-electron chi connectivity index (χ2n) is 11.1. The summed E-state index contributed by atoms with van der Waals surface area (Å²) in [5.41, 5.74) is 9.44. The van der Waals surface area contributed by atoms with Gasteiger partial charge in [-0.3, -0.25) is 24.2 Å². The second-order valence-corrected chi connectivity index (χ2v) is 11.1. The molecule has 14 nitrogen and oxygen atoms in total. The zero-order valence-corrected chi connectivity index (χ0v) is 23.8. The summed E-state index contributed by atoms with van der Waals surface area (Å²) in [4.78, 5) is 68.0. The largest absolute Gasteiger partial charge is 0.458 e. The molecule has 1 unspecified atom stereocenters. The van der Waals surface area contributed by atoms with E-state index in [2.05, 4.69) is 16.0 Å². The number of benzene rings is 1. The number of aliphatic hydroxyl groups is 1. The highest BCUT2D eigenvalue weighted by Gasteiger charge is 2.48. The molecule has 0 radical (unpaired) electrons. The molecule has 232 valence electrons. The minimum absolute atomic E-state index is 0.177. The molecule has 0 saturated heterocycles. The molecule has 0 saturated carbocycles. The number of fused-ring (bicyclic) bond motifs is 4. The van der Waals surface area contributed by atoms with Crippen LogP contribution in [0, 0.1) is 12.7 Å². The van der Waals surface area contributed by atoms with Gasteiger partial charge in [-0.15, -0.1) is 0 Å². The number of carbonyl (C=O) groups excluding carboxylic acids is 5. The number of rotatable bonds is 8. The van der Waals surface area contributed by atoms with Gasteiger partial charge in [0.1, 0.15) is 25.8 Å². The molecule has 44 heavy (non-hydrogen) atoms. The normalized spacial score (nSPS) is 21.8. The van der Waals surface area contributed by atoms with Crippen molar-refractivity contribution in [2.75, 3.05) is 33.0 Å². The number of pyridine rings is 1. The molecule has 4 amide bonds. The first-order chi connectivity index (χ1) is 21.1. The minimum atomic E-state index is -1.54. The van der Waals surface area contributed by atoms with E-state index < -0.39 is 47.7 Å². The molecule has 0 spiro atoms. The van der Waals surface area contributed by atoms with E-state index in [4.69, 9.17) is 20.2 Å². The number of carbonyl (C=O) groups is 5. The number of cyclic esters (lactones) is 1. The number of halogens is 1. The van der Waals surface area contributed by atoms with Crippen LogP contribution in [-0.4, -0.2) is 83.7 Å². The van der Waals surface area contributed by atoms with E-state index in [1.807, 2.05) is 0 Å². The number of aromatic nitrogens is 1. The van der Waals surface area contributed by atoms with Crippen molar-refractivity contribution in [3.05, 3.63) is 51.0 Å². The Morgan fingerprint density at radius 3 is 2.77 bits per heavy atom. The van der Waals surface area contributed by atoms with Crippen molar-refractivity contribution in [3.8, 4) is 0 Å². The molecule has 1 aromatic heterocycles. The molecule has 3 aliphatic heterocycles. The van der Waals surface area contributed by atoms with Gasteiger partial charge in [-0.2, -0.15) is 0 Å². The Bertz CT molecular complexity index is 1660. The SMILES string of the molecule is Cc1c(F)cc2nc3c(c4c2c1CC[C@@H]4NC(=O)COCNC(=O)CNC(=O)CN)CN1C(=O)C2=C(CC31)[C@H](O)C(=O)OC2. The highest BCUT2D eigenvalue weighted by atomic mass is 19.1. The average molecular weight is 611 g/mol. The van der Waals surface area contributed by atoms with Gasteiger partial charge in [-0.25, -0.2) is 9.18 Å². The van der Waals surface area contributed by atoms with Crippen molar-refractivity contribution in [3.63, 3.8) is 0 Å². The summed E-state index contributed by atoms with van der Waals surface area (Å²) in [6, 6.07) is 0.276. The lowest BCUT2D eigenvalue weighted by Gasteiger charge is -2.36. The predicted octanol–water partition coefficient (Wildman–Crippen LogP) is -1.05. The number of amides is 4. The molecule has 1 aliphatic carbocycles. The summed E-state index contributed by atoms with van der Waals surface area (Å²) in [7, 11) is 0. The van der Waals surface area contributed by atoms with Crippen molar-refractivity contribution >= 4 is 40.5 Å². The van der Waals surface area contributed by atoms with Crippen LogP contribution in [0.3, 0.4) is 0 Å². The van der Waals surface area contributed by atoms with Crippen LogP contribution >= 0.6 is 0 Å². The van der Waals surface area contributed by atoms with E-state index in [-0.39, 0.29) is 57.5 Å². The maximum absolute atomic E-state index is 15.0. The Kier molecular flexibility index (Phi) is 7.77. The summed E-state index contributed by atoms with van der Waals surface area (Å²) >= 11 is 0. The van der Waals surface area contributed by atoms with Gasteiger partial charge in [-0.05, 0) is 48.4 Å². The number of hydrogen-bond acceptors (Lipinski definition) is 10. The Hall–Kier alpha value is -4.47. The van der Waals surface area contributed by atoms with Gasteiger partial charge in [0.2, 0.25) is 17.7 Å². The van der Waals surface area contributed by atoms with Crippen LogP contribution in [0.15, 0.2) is 17.2 Å². The zero-order chi connectivity index (χ0) is 31.3. The summed E-state index contributed by atoms with van der Waals surface area (Å²) in [5.74, 6) is -3.04. The number of hydrogen-bond donors (Lipinski definition) is 5. The van der Waals surface area contributed by atoms with Crippen molar-refractivity contribution in [2.45, 2.75) is 50.9 Å². The molecular formula is C29H31FN6O8. The lowest BCUT2D eigenvalue weighted by atomic mass is 9.81. The standard InChI is InChI=1S/C29H31FN6O8/c1-12-13-2-3-18(34-23(39)10-43-11-33-22(38)7-32-21(37)6-31)25-15-8-36-20(26(15)35-19(24(13)25)5-17(12)30)4-14-16(28(36)41)9-44-29(42)27(14)40/h5,18,20,27,40H,2-4,6-11,31H2,1H3,(H,32,37)(H,33,38)(H,34,39)/t18-,20?,27-/m0/s1. The summed E-state index contributed by atoms with van der Waals surface area (Å²) in [6.07, 6.45) is -0.422. The second kappa shape index (κ2) is 11.6. The lowest BCUT2D eigenvalue weighted by molar-refractivity contribution is -0.154. The number of aliphatic hydroxyl groups excluding tert-OH is 1. The number of nitrogens with one attached hydrogen (secondary N) is 3. The van der Waals surface area contributed by atoms with Gasteiger partial charge >= 0.3 is 5.97 Å². The Balaban J connectivity index is 1.25. The zero-order valence-electron chi connectivity index (χ0n) is 23.8. The van der Waals surface area contributed by atoms with E-state index in [9.17, 15) is 29.1 Å². The van der Waals surface area contributed by atoms with Gasteiger partial charge in [0.25, 0.3) is 5.91 Å². The smallest absolute Gasteiger partial charge is 0.339 e. The van der Waals surface area contributed by atoms with E-state index >= 15 is 4.39 Å². The number of esters is 1. The minimum Gasteiger partial charge on any atom is -0.458 e. The highest BCUT2D eigenvalue weighted by molar-refractivity contribution is 6.00. The number of aryl methyl sites for hydroxylation is 1. The van der Waals surface area contributed by atoms with Gasteiger partial charge in [0.15, 0.2) is 6.10 Å². The third kappa shape index (κ3) is 5.06. The fraction of sp³-hybridized carbons (Fsp3) is 0.448. The molecule has 15 heteroatoms. The fourth-order valence-electron chi connectivity index (χ4n) is 6.49. The molecule has 0 fully saturated rings. The number of nitrogens with zero attached hydrogens (tertiary/aromatic N) is 2. The summed E-state index contributed by atoms with van der Waals surface area (Å²) in [6.45, 7) is 0.507. The van der Waals surface area contributed by atoms with Crippen LogP contribution in [-0.2, 0) is 46.4 Å². The molecule has 0 bridgehead atoms. The molecular weight excluding hydrogens is 579 g/mol. The molecule has 2 aromatic rings. The molecule has 4 heterocycles. The first-order valence-electron chi connectivity index (χ1n) is 14.2. The fourth-order valence-corrected chi connectivity index (χ4v) is 6.49. The first kappa shape index (κ1) is 29.6. The van der Waals surface area contributed by atoms with Crippen LogP contribution in [0.1, 0.15) is 52.9 Å². The van der Waals surface area contributed by atoms with Gasteiger partial charge in [-0.1, -0.05) is 0 Å². The monoisotopic (exact) mass is 610 g/mol. The third-order valence-electron chi connectivity index (χ3n) is 8.63. The van der Waals surface area contributed by atoms with Crippen LogP contribution in [0.4, 0.5) is 4.39 Å². The van der Waals surface area contributed by atoms with Gasteiger partial charge in [0, 0.05) is 23.6 Å². The Morgan fingerprint density at radius 2 is 2.00 bits per heavy atom. The highest BCUT2D eigenvalue weighted by Crippen LogP contribution is 2.49. The van der Waals surface area contributed by atoms with Crippen molar-refractivity contribution in [1.82, 2.24) is 25.8 Å². The summed E-state index contributed by atoms with van der Waals surface area (Å²) in [5, 5.41) is 19.0. The molecule has 6 N–H and O–H groups in total. The van der Waals surface area contributed by atoms with Crippen molar-refractivity contribution < 1.29 is 42.9 Å². The molecule has 3 atom stereocenters. The molecule has 4 aliphatic rings. The topological polar surface area (TPSA) is 202 Å². The Morgan fingerprint density at radius 1 is 1.20 bits per heavy atom. The average Bonchev–Trinajstić information content (AvgIpc) is 3.38. The van der Waals surface area contributed by atoms with Crippen LogP contribution in [0.2, 0.25) is 0 Å². The quantitative estimate of drug-likeness (QED) is 0.139. The third-order valence-corrected chi connectivity index (χ3v) is 8.63. The van der Waals surface area contributed by atoms with Crippen LogP contribution in [0.25, 0.3) is 10.9 Å². The number of ether oxygens (including phenoxy) is 2. The van der Waals surface area contributed by atoms with Crippen LogP contribution < -0.4 is 21.7 Å². The molecule has 6 rings (SSSR count). The van der Waals surface area contributed by atoms with E-state index in [1.165, 1.54) is 6.07 Å².